The molecule has 2 rings (SSSR count). The summed E-state index contributed by atoms with van der Waals surface area (Å²) in [5.74, 6) is 0.281. The number of hydrogen-bond acceptors (Lipinski definition) is 2. The number of carbonyl (C=O) groups excluding carboxylic acids is 1. The molecule has 3 nitrogen and oxygen atoms in total. The summed E-state index contributed by atoms with van der Waals surface area (Å²) in [5, 5.41) is 9.99. The van der Waals surface area contributed by atoms with E-state index in [0.29, 0.717) is 0 Å². The second-order valence-corrected chi connectivity index (χ2v) is 5.22. The molecule has 0 atom stereocenters. The highest BCUT2D eigenvalue weighted by atomic mass is 16.3. The Morgan fingerprint density at radius 2 is 2.00 bits per heavy atom. The molecule has 1 aromatic carbocycles. The van der Waals surface area contributed by atoms with Crippen molar-refractivity contribution in [3.05, 3.63) is 29.3 Å². The molecular formula is C15H21NO2. The number of benzene rings is 1. The van der Waals surface area contributed by atoms with Crippen LogP contribution in [0.1, 0.15) is 54.4 Å². The molecule has 0 radical (unpaired) electrons. The lowest BCUT2D eigenvalue weighted by Gasteiger charge is -2.21. The molecule has 1 aromatic rings. The Labute approximate surface area is 108 Å². The maximum atomic E-state index is 11.1. The number of nitrogens with two attached hydrogens (primary N) is 1. The molecule has 3 heteroatoms. The minimum Gasteiger partial charge on any atom is -0.507 e. The quantitative estimate of drug-likeness (QED) is 0.859. The van der Waals surface area contributed by atoms with Crippen molar-refractivity contribution in [3.8, 4) is 5.75 Å². The zero-order valence-electron chi connectivity index (χ0n) is 10.7. The normalized spacial score (nSPS) is 16.7. The summed E-state index contributed by atoms with van der Waals surface area (Å²) in [6.07, 6.45) is 8.55. The molecule has 0 bridgehead atoms. The first-order valence-corrected chi connectivity index (χ1v) is 6.79. The largest absolute Gasteiger partial charge is 0.507 e. The molecule has 1 fully saturated rings. The van der Waals surface area contributed by atoms with Crippen molar-refractivity contribution >= 4 is 5.91 Å². The summed E-state index contributed by atoms with van der Waals surface area (Å²) >= 11 is 0. The molecule has 98 valence electrons. The van der Waals surface area contributed by atoms with Gasteiger partial charge in [-0.2, -0.15) is 0 Å². The number of rotatable bonds is 4. The number of phenols is 1. The monoisotopic (exact) mass is 247 g/mol. The summed E-state index contributed by atoms with van der Waals surface area (Å²) in [4.78, 5) is 11.1. The fourth-order valence-electron chi connectivity index (χ4n) is 2.83. The Hall–Kier alpha value is -1.51. The lowest BCUT2D eigenvalue weighted by molar-refractivity contribution is 0.0997. The first-order valence-electron chi connectivity index (χ1n) is 6.79. The van der Waals surface area contributed by atoms with Gasteiger partial charge in [-0.05, 0) is 30.4 Å². The van der Waals surface area contributed by atoms with Crippen LogP contribution >= 0.6 is 0 Å². The van der Waals surface area contributed by atoms with Gasteiger partial charge in [-0.25, -0.2) is 0 Å². The second-order valence-electron chi connectivity index (χ2n) is 5.22. The van der Waals surface area contributed by atoms with Gasteiger partial charge in [0.25, 0.3) is 5.91 Å². The van der Waals surface area contributed by atoms with Gasteiger partial charge in [0.1, 0.15) is 5.75 Å². The maximum absolute atomic E-state index is 11.1. The van der Waals surface area contributed by atoms with E-state index in [4.69, 9.17) is 5.73 Å². The van der Waals surface area contributed by atoms with Crippen LogP contribution in [0.25, 0.3) is 0 Å². The Balaban J connectivity index is 2.00. The van der Waals surface area contributed by atoms with E-state index >= 15 is 0 Å². The SMILES string of the molecule is NC(=O)c1cccc(CCC2CCCCC2)c1O. The maximum Gasteiger partial charge on any atom is 0.252 e. The third-order valence-corrected chi connectivity index (χ3v) is 3.93. The van der Waals surface area contributed by atoms with E-state index < -0.39 is 5.91 Å². The fourth-order valence-corrected chi connectivity index (χ4v) is 2.83. The van der Waals surface area contributed by atoms with Crippen LogP contribution in [-0.4, -0.2) is 11.0 Å². The molecule has 1 aliphatic carbocycles. The van der Waals surface area contributed by atoms with E-state index in [0.717, 1.165) is 24.3 Å². The molecule has 1 saturated carbocycles. The molecule has 1 amide bonds. The number of amides is 1. The summed E-state index contributed by atoms with van der Waals surface area (Å²) in [6.45, 7) is 0. The molecule has 0 saturated heterocycles. The van der Waals surface area contributed by atoms with Crippen molar-refractivity contribution in [1.82, 2.24) is 0 Å². The topological polar surface area (TPSA) is 63.3 Å². The first-order chi connectivity index (χ1) is 8.68. The number of aromatic hydroxyl groups is 1. The number of para-hydroxylation sites is 1. The first kappa shape index (κ1) is 12.9. The van der Waals surface area contributed by atoms with Crippen LogP contribution in [0.3, 0.4) is 0 Å². The van der Waals surface area contributed by atoms with Gasteiger partial charge in [-0.3, -0.25) is 4.79 Å². The third kappa shape index (κ3) is 3.03. The van der Waals surface area contributed by atoms with E-state index in [1.54, 1.807) is 12.1 Å². The molecule has 0 spiro atoms. The van der Waals surface area contributed by atoms with Crippen LogP contribution < -0.4 is 5.73 Å². The highest BCUT2D eigenvalue weighted by Crippen LogP contribution is 2.30. The number of aryl methyl sites for hydroxylation is 1. The fraction of sp³-hybridized carbons (Fsp3) is 0.533. The zero-order valence-corrected chi connectivity index (χ0v) is 10.7. The molecular weight excluding hydrogens is 226 g/mol. The van der Waals surface area contributed by atoms with Crippen LogP contribution in [-0.2, 0) is 6.42 Å². The molecule has 0 unspecified atom stereocenters. The van der Waals surface area contributed by atoms with Crippen LogP contribution in [0.15, 0.2) is 18.2 Å². The van der Waals surface area contributed by atoms with Gasteiger partial charge in [0.2, 0.25) is 0 Å². The predicted octanol–water partition coefficient (Wildman–Crippen LogP) is 3.00. The Morgan fingerprint density at radius 3 is 2.67 bits per heavy atom. The minimum absolute atomic E-state index is 0.0702. The molecule has 0 aliphatic heterocycles. The Kier molecular flexibility index (Phi) is 4.24. The van der Waals surface area contributed by atoms with Crippen molar-refractivity contribution in [2.24, 2.45) is 11.7 Å². The summed E-state index contributed by atoms with van der Waals surface area (Å²) in [7, 11) is 0. The highest BCUT2D eigenvalue weighted by Gasteiger charge is 2.16. The molecule has 18 heavy (non-hydrogen) atoms. The van der Waals surface area contributed by atoms with Gasteiger partial charge >= 0.3 is 0 Å². The molecule has 0 heterocycles. The summed E-state index contributed by atoms with van der Waals surface area (Å²) in [5.41, 5.74) is 6.30. The minimum atomic E-state index is -0.563. The third-order valence-electron chi connectivity index (χ3n) is 3.93. The van der Waals surface area contributed by atoms with E-state index in [1.165, 1.54) is 32.1 Å². The van der Waals surface area contributed by atoms with E-state index in [2.05, 4.69) is 0 Å². The standard InChI is InChI=1S/C15H21NO2/c16-15(18)13-8-4-7-12(14(13)17)10-9-11-5-2-1-3-6-11/h4,7-8,11,17H,1-3,5-6,9-10H2,(H2,16,18). The van der Waals surface area contributed by atoms with Crippen molar-refractivity contribution < 1.29 is 9.90 Å². The lowest BCUT2D eigenvalue weighted by atomic mass is 9.85. The van der Waals surface area contributed by atoms with E-state index in [-0.39, 0.29) is 11.3 Å². The van der Waals surface area contributed by atoms with Crippen molar-refractivity contribution in [2.75, 3.05) is 0 Å². The van der Waals surface area contributed by atoms with Crippen molar-refractivity contribution in [1.29, 1.82) is 0 Å². The van der Waals surface area contributed by atoms with Gasteiger partial charge in [0.15, 0.2) is 0 Å². The number of primary amides is 1. The van der Waals surface area contributed by atoms with Crippen LogP contribution in [0.2, 0.25) is 0 Å². The van der Waals surface area contributed by atoms with Crippen molar-refractivity contribution in [2.45, 2.75) is 44.9 Å². The highest BCUT2D eigenvalue weighted by molar-refractivity contribution is 5.95. The molecule has 0 aromatic heterocycles. The summed E-state index contributed by atoms with van der Waals surface area (Å²) < 4.78 is 0. The van der Waals surface area contributed by atoms with Gasteiger partial charge < -0.3 is 10.8 Å². The van der Waals surface area contributed by atoms with Crippen LogP contribution in [0.5, 0.6) is 5.75 Å². The van der Waals surface area contributed by atoms with E-state index in [9.17, 15) is 9.90 Å². The van der Waals surface area contributed by atoms with Crippen LogP contribution in [0, 0.1) is 5.92 Å². The van der Waals surface area contributed by atoms with Crippen molar-refractivity contribution in [3.63, 3.8) is 0 Å². The van der Waals surface area contributed by atoms with E-state index in [1.807, 2.05) is 6.07 Å². The Bertz CT molecular complexity index is 423. The average Bonchev–Trinajstić information content (AvgIpc) is 2.38. The average molecular weight is 247 g/mol. The number of hydrogen-bond donors (Lipinski definition) is 2. The van der Waals surface area contributed by atoms with Gasteiger partial charge in [-0.1, -0.05) is 44.2 Å². The lowest BCUT2D eigenvalue weighted by Crippen LogP contribution is -2.12. The summed E-state index contributed by atoms with van der Waals surface area (Å²) in [6, 6.07) is 5.24. The Morgan fingerprint density at radius 1 is 1.28 bits per heavy atom. The smallest absolute Gasteiger partial charge is 0.252 e. The van der Waals surface area contributed by atoms with Gasteiger partial charge in [0.05, 0.1) is 5.56 Å². The molecule has 3 N–H and O–H groups in total. The second kappa shape index (κ2) is 5.89. The number of carbonyl (C=O) groups is 1. The molecule has 1 aliphatic rings. The van der Waals surface area contributed by atoms with Gasteiger partial charge in [0, 0.05) is 0 Å². The van der Waals surface area contributed by atoms with Gasteiger partial charge in [-0.15, -0.1) is 0 Å². The predicted molar refractivity (Wildman–Crippen MR) is 71.5 cm³/mol. The zero-order chi connectivity index (χ0) is 13.0. The van der Waals surface area contributed by atoms with Crippen LogP contribution in [0.4, 0.5) is 0 Å².